The predicted octanol–water partition coefficient (Wildman–Crippen LogP) is 2.17. The van der Waals surface area contributed by atoms with Crippen molar-refractivity contribution in [2.45, 2.75) is 10.8 Å². The molecule has 2 amide bonds. The summed E-state index contributed by atoms with van der Waals surface area (Å²) < 4.78 is 5.88. The molecule has 0 bridgehead atoms. The first-order valence-corrected chi connectivity index (χ1v) is 8.69. The van der Waals surface area contributed by atoms with Crippen molar-refractivity contribution < 1.29 is 14.3 Å². The number of nitrogens with zero attached hydrogens (tertiary/aromatic N) is 1. The summed E-state index contributed by atoms with van der Waals surface area (Å²) in [5.74, 6) is 0.743. The van der Waals surface area contributed by atoms with Crippen LogP contribution < -0.4 is 15.4 Å². The van der Waals surface area contributed by atoms with E-state index in [1.807, 2.05) is 17.5 Å². The van der Waals surface area contributed by atoms with Crippen LogP contribution in [-0.4, -0.2) is 36.7 Å². The first kappa shape index (κ1) is 17.3. The standard InChI is InChI=1S/C15H17N3O3S2/c1-16-13(19)7-11-8-22-15(18-11)23-9-14(20)17-10-4-3-5-12(6-10)21-2/h3-6,8H,7,9H2,1-2H3,(H,16,19)(H,17,20). The van der Waals surface area contributed by atoms with Gasteiger partial charge in [0.15, 0.2) is 4.34 Å². The number of aromatic nitrogens is 1. The Labute approximate surface area is 142 Å². The average molecular weight is 351 g/mol. The summed E-state index contributed by atoms with van der Waals surface area (Å²) in [6.07, 6.45) is 0.254. The molecule has 0 aliphatic carbocycles. The number of carbonyl (C=O) groups excluding carboxylic acids is 2. The van der Waals surface area contributed by atoms with Crippen LogP contribution in [0.1, 0.15) is 5.69 Å². The number of amides is 2. The second kappa shape index (κ2) is 8.54. The predicted molar refractivity (Wildman–Crippen MR) is 92.2 cm³/mol. The van der Waals surface area contributed by atoms with E-state index in [0.717, 1.165) is 4.34 Å². The van der Waals surface area contributed by atoms with E-state index in [2.05, 4.69) is 15.6 Å². The summed E-state index contributed by atoms with van der Waals surface area (Å²) in [4.78, 5) is 27.6. The third kappa shape index (κ3) is 5.57. The minimum Gasteiger partial charge on any atom is -0.497 e. The minimum atomic E-state index is -0.119. The molecule has 0 unspecified atom stereocenters. The zero-order chi connectivity index (χ0) is 16.7. The molecular weight excluding hydrogens is 334 g/mol. The zero-order valence-corrected chi connectivity index (χ0v) is 14.4. The molecule has 23 heavy (non-hydrogen) atoms. The Morgan fingerprint density at radius 2 is 2.17 bits per heavy atom. The van der Waals surface area contributed by atoms with Gasteiger partial charge in [-0.15, -0.1) is 11.3 Å². The maximum Gasteiger partial charge on any atom is 0.234 e. The van der Waals surface area contributed by atoms with Crippen molar-refractivity contribution in [1.82, 2.24) is 10.3 Å². The van der Waals surface area contributed by atoms with Crippen LogP contribution in [0.3, 0.4) is 0 Å². The van der Waals surface area contributed by atoms with Gasteiger partial charge in [-0.1, -0.05) is 17.8 Å². The Morgan fingerprint density at radius 3 is 2.91 bits per heavy atom. The number of benzene rings is 1. The van der Waals surface area contributed by atoms with Gasteiger partial charge in [0.2, 0.25) is 11.8 Å². The van der Waals surface area contributed by atoms with Gasteiger partial charge in [-0.05, 0) is 12.1 Å². The van der Waals surface area contributed by atoms with Crippen LogP contribution in [0.5, 0.6) is 5.75 Å². The maximum absolute atomic E-state index is 12.0. The molecule has 0 spiro atoms. The van der Waals surface area contributed by atoms with Crippen molar-refractivity contribution in [3.63, 3.8) is 0 Å². The van der Waals surface area contributed by atoms with Gasteiger partial charge in [0.1, 0.15) is 5.75 Å². The number of ether oxygens (including phenoxy) is 1. The number of carbonyl (C=O) groups is 2. The number of anilines is 1. The Kier molecular flexibility index (Phi) is 6.42. The molecule has 0 aliphatic rings. The quantitative estimate of drug-likeness (QED) is 0.747. The van der Waals surface area contributed by atoms with E-state index in [1.54, 1.807) is 26.3 Å². The number of thioether (sulfide) groups is 1. The third-order valence-corrected chi connectivity index (χ3v) is 4.90. The molecule has 0 saturated carbocycles. The monoisotopic (exact) mass is 351 g/mol. The molecular formula is C15H17N3O3S2. The van der Waals surface area contributed by atoms with E-state index in [4.69, 9.17) is 4.74 Å². The molecule has 8 heteroatoms. The molecule has 2 aromatic rings. The Bertz CT molecular complexity index is 688. The maximum atomic E-state index is 12.0. The molecule has 0 saturated heterocycles. The SMILES string of the molecule is CNC(=O)Cc1csc(SCC(=O)Nc2cccc(OC)c2)n1. The van der Waals surface area contributed by atoms with Crippen molar-refractivity contribution in [3.05, 3.63) is 35.3 Å². The molecule has 1 heterocycles. The van der Waals surface area contributed by atoms with Gasteiger partial charge in [0.25, 0.3) is 0 Å². The minimum absolute atomic E-state index is 0.0809. The first-order chi connectivity index (χ1) is 11.1. The van der Waals surface area contributed by atoms with Gasteiger partial charge < -0.3 is 15.4 Å². The van der Waals surface area contributed by atoms with E-state index < -0.39 is 0 Å². The average Bonchev–Trinajstić information content (AvgIpc) is 3.00. The molecule has 122 valence electrons. The van der Waals surface area contributed by atoms with Gasteiger partial charge >= 0.3 is 0 Å². The molecule has 0 radical (unpaired) electrons. The highest BCUT2D eigenvalue weighted by Crippen LogP contribution is 2.23. The summed E-state index contributed by atoms with van der Waals surface area (Å²) >= 11 is 2.77. The summed E-state index contributed by atoms with van der Waals surface area (Å²) in [5, 5.41) is 7.19. The molecule has 1 aromatic carbocycles. The summed E-state index contributed by atoms with van der Waals surface area (Å²) in [6.45, 7) is 0. The molecule has 2 N–H and O–H groups in total. The van der Waals surface area contributed by atoms with Crippen molar-refractivity contribution in [2.24, 2.45) is 0 Å². The fraction of sp³-hybridized carbons (Fsp3) is 0.267. The second-order valence-electron chi connectivity index (χ2n) is 4.52. The van der Waals surface area contributed by atoms with Gasteiger partial charge in [-0.3, -0.25) is 9.59 Å². The summed E-state index contributed by atoms with van der Waals surface area (Å²) in [6, 6.07) is 7.19. The van der Waals surface area contributed by atoms with Gasteiger partial charge in [0.05, 0.1) is 25.0 Å². The molecule has 0 aliphatic heterocycles. The lowest BCUT2D eigenvalue weighted by Gasteiger charge is -2.06. The molecule has 6 nitrogen and oxygen atoms in total. The summed E-state index contributed by atoms with van der Waals surface area (Å²) in [7, 11) is 3.17. The van der Waals surface area contributed by atoms with Gasteiger partial charge in [-0.25, -0.2) is 4.98 Å². The summed E-state index contributed by atoms with van der Waals surface area (Å²) in [5.41, 5.74) is 1.40. The van der Waals surface area contributed by atoms with Crippen LogP contribution in [0.4, 0.5) is 5.69 Å². The number of nitrogens with one attached hydrogen (secondary N) is 2. The lowest BCUT2D eigenvalue weighted by atomic mass is 10.3. The van der Waals surface area contributed by atoms with Crippen LogP contribution in [0.15, 0.2) is 34.0 Å². The fourth-order valence-electron chi connectivity index (χ4n) is 1.71. The van der Waals surface area contributed by atoms with E-state index in [-0.39, 0.29) is 24.0 Å². The van der Waals surface area contributed by atoms with E-state index >= 15 is 0 Å². The highest BCUT2D eigenvalue weighted by molar-refractivity contribution is 8.01. The van der Waals surface area contributed by atoms with Crippen molar-refractivity contribution >= 4 is 40.6 Å². The highest BCUT2D eigenvalue weighted by Gasteiger charge is 2.09. The fourth-order valence-corrected chi connectivity index (χ4v) is 3.36. The number of likely N-dealkylation sites (N-methyl/N-ethyl adjacent to an activating group) is 1. The van der Waals surface area contributed by atoms with Crippen LogP contribution in [-0.2, 0) is 16.0 Å². The normalized spacial score (nSPS) is 10.2. The molecule has 2 rings (SSSR count). The molecule has 0 fully saturated rings. The topological polar surface area (TPSA) is 80.3 Å². The smallest absolute Gasteiger partial charge is 0.234 e. The number of rotatable bonds is 7. The van der Waals surface area contributed by atoms with Crippen LogP contribution in [0.25, 0.3) is 0 Å². The van der Waals surface area contributed by atoms with Crippen molar-refractivity contribution in [1.29, 1.82) is 0 Å². The number of hydrogen-bond acceptors (Lipinski definition) is 6. The second-order valence-corrected chi connectivity index (χ2v) is 6.60. The van der Waals surface area contributed by atoms with Crippen LogP contribution in [0.2, 0.25) is 0 Å². The lowest BCUT2D eigenvalue weighted by Crippen LogP contribution is -2.20. The van der Waals surface area contributed by atoms with Crippen LogP contribution >= 0.6 is 23.1 Å². The Balaban J connectivity index is 1.83. The first-order valence-electron chi connectivity index (χ1n) is 6.82. The van der Waals surface area contributed by atoms with E-state index in [0.29, 0.717) is 17.1 Å². The number of hydrogen-bond donors (Lipinski definition) is 2. The number of thiazole rings is 1. The number of methoxy groups -OCH3 is 1. The van der Waals surface area contributed by atoms with Crippen molar-refractivity contribution in [2.75, 3.05) is 25.2 Å². The Morgan fingerprint density at radius 1 is 1.35 bits per heavy atom. The van der Waals surface area contributed by atoms with Crippen molar-refractivity contribution in [3.8, 4) is 5.75 Å². The van der Waals surface area contributed by atoms with Crippen LogP contribution in [0, 0.1) is 0 Å². The largest absolute Gasteiger partial charge is 0.497 e. The van der Waals surface area contributed by atoms with E-state index in [1.165, 1.54) is 23.1 Å². The molecule has 1 aromatic heterocycles. The third-order valence-electron chi connectivity index (χ3n) is 2.83. The van der Waals surface area contributed by atoms with Gasteiger partial charge in [0, 0.05) is 24.2 Å². The lowest BCUT2D eigenvalue weighted by molar-refractivity contribution is -0.120. The molecule has 0 atom stereocenters. The highest BCUT2D eigenvalue weighted by atomic mass is 32.2. The van der Waals surface area contributed by atoms with E-state index in [9.17, 15) is 9.59 Å². The Hall–Kier alpha value is -2.06. The van der Waals surface area contributed by atoms with Gasteiger partial charge in [-0.2, -0.15) is 0 Å². The zero-order valence-electron chi connectivity index (χ0n) is 12.8.